The third-order valence-electron chi connectivity index (χ3n) is 5.75. The lowest BCUT2D eigenvalue weighted by Crippen LogP contribution is -2.36. The van der Waals surface area contributed by atoms with Gasteiger partial charge in [0.05, 0.1) is 0 Å². The molecule has 2 aliphatic carbocycles. The average Bonchev–Trinajstić information content (AvgIpc) is 2.62. The lowest BCUT2D eigenvalue weighted by atomic mass is 9.95. The molecule has 2 aliphatic rings. The maximum absolute atomic E-state index is 11.9. The quantitative estimate of drug-likeness (QED) is 0.565. The van der Waals surface area contributed by atoms with Crippen molar-refractivity contribution in [2.24, 2.45) is 0 Å². The monoisotopic (exact) mass is 350 g/mol. The van der Waals surface area contributed by atoms with Gasteiger partial charge in [0.2, 0.25) is 11.8 Å². The molecule has 0 spiro atoms. The summed E-state index contributed by atoms with van der Waals surface area (Å²) in [7, 11) is 0. The number of nitrogens with one attached hydrogen (secondary N) is 2. The van der Waals surface area contributed by atoms with E-state index < -0.39 is 0 Å². The molecular weight excluding hydrogens is 312 g/mol. The van der Waals surface area contributed by atoms with Crippen molar-refractivity contribution in [1.82, 2.24) is 10.6 Å². The van der Waals surface area contributed by atoms with Crippen LogP contribution in [-0.2, 0) is 9.59 Å². The molecule has 4 heteroatoms. The number of hydrogen-bond acceptors (Lipinski definition) is 2. The van der Waals surface area contributed by atoms with Crippen LogP contribution < -0.4 is 10.6 Å². The van der Waals surface area contributed by atoms with E-state index in [4.69, 9.17) is 0 Å². The van der Waals surface area contributed by atoms with Crippen LogP contribution in [0.3, 0.4) is 0 Å². The van der Waals surface area contributed by atoms with E-state index in [2.05, 4.69) is 10.6 Å². The zero-order chi connectivity index (χ0) is 17.7. The topological polar surface area (TPSA) is 58.2 Å². The highest BCUT2D eigenvalue weighted by Crippen LogP contribution is 2.18. The molecule has 0 aromatic heterocycles. The highest BCUT2D eigenvalue weighted by atomic mass is 16.2. The first-order valence-corrected chi connectivity index (χ1v) is 10.8. The van der Waals surface area contributed by atoms with E-state index in [1.807, 2.05) is 0 Å². The third-order valence-corrected chi connectivity index (χ3v) is 5.75. The van der Waals surface area contributed by atoms with Crippen LogP contribution >= 0.6 is 0 Å². The van der Waals surface area contributed by atoms with E-state index in [1.165, 1.54) is 38.5 Å². The number of hydrogen-bond donors (Lipinski definition) is 2. The molecule has 0 bridgehead atoms. The standard InChI is InChI=1S/C21H38N2O2/c24-20(22-18-12-6-4-7-13-18)16-10-2-1-3-11-17-21(25)23-19-14-8-5-9-15-19/h18-19H,1-17H2,(H,22,24)(H,23,25). The minimum absolute atomic E-state index is 0.235. The van der Waals surface area contributed by atoms with E-state index in [1.54, 1.807) is 0 Å². The molecule has 0 unspecified atom stereocenters. The number of carbonyl (C=O) groups is 2. The van der Waals surface area contributed by atoms with E-state index in [0.717, 1.165) is 57.8 Å². The Hall–Kier alpha value is -1.06. The lowest BCUT2D eigenvalue weighted by molar-refractivity contribution is -0.122. The van der Waals surface area contributed by atoms with E-state index in [-0.39, 0.29) is 11.8 Å². The molecule has 2 saturated carbocycles. The Morgan fingerprint density at radius 3 is 1.32 bits per heavy atom. The van der Waals surface area contributed by atoms with Crippen LogP contribution in [0.4, 0.5) is 0 Å². The second-order valence-corrected chi connectivity index (χ2v) is 8.07. The van der Waals surface area contributed by atoms with Crippen LogP contribution in [0.15, 0.2) is 0 Å². The Bertz CT molecular complexity index is 349. The molecule has 2 fully saturated rings. The minimum atomic E-state index is 0.235. The summed E-state index contributed by atoms with van der Waals surface area (Å²) in [6.07, 6.45) is 19.0. The van der Waals surface area contributed by atoms with Crippen molar-refractivity contribution < 1.29 is 9.59 Å². The van der Waals surface area contributed by atoms with Crippen LogP contribution in [0.25, 0.3) is 0 Å². The van der Waals surface area contributed by atoms with E-state index in [0.29, 0.717) is 24.9 Å². The van der Waals surface area contributed by atoms with Crippen molar-refractivity contribution >= 4 is 11.8 Å². The largest absolute Gasteiger partial charge is 0.353 e. The molecule has 2 rings (SSSR count). The summed E-state index contributed by atoms with van der Waals surface area (Å²) in [5, 5.41) is 6.37. The Morgan fingerprint density at radius 2 is 0.920 bits per heavy atom. The molecule has 2 amide bonds. The van der Waals surface area contributed by atoms with Crippen molar-refractivity contribution in [3.63, 3.8) is 0 Å². The molecule has 4 nitrogen and oxygen atoms in total. The fraction of sp³-hybridized carbons (Fsp3) is 0.905. The summed E-state index contributed by atoms with van der Waals surface area (Å²) in [5.74, 6) is 0.470. The third kappa shape index (κ3) is 9.27. The smallest absolute Gasteiger partial charge is 0.220 e. The normalized spacial score (nSPS) is 19.5. The van der Waals surface area contributed by atoms with Crippen molar-refractivity contribution in [2.45, 2.75) is 121 Å². The van der Waals surface area contributed by atoms with Gasteiger partial charge in [-0.05, 0) is 38.5 Å². The van der Waals surface area contributed by atoms with Gasteiger partial charge in [-0.25, -0.2) is 0 Å². The summed E-state index contributed by atoms with van der Waals surface area (Å²) >= 11 is 0. The molecule has 0 aromatic carbocycles. The molecule has 0 aromatic rings. The van der Waals surface area contributed by atoms with E-state index >= 15 is 0 Å². The fourth-order valence-electron chi connectivity index (χ4n) is 4.19. The van der Waals surface area contributed by atoms with Crippen molar-refractivity contribution in [3.05, 3.63) is 0 Å². The van der Waals surface area contributed by atoms with Gasteiger partial charge in [-0.1, -0.05) is 57.8 Å². The summed E-state index contributed by atoms with van der Waals surface area (Å²) < 4.78 is 0. The van der Waals surface area contributed by atoms with Gasteiger partial charge in [0.1, 0.15) is 0 Å². The number of unbranched alkanes of at least 4 members (excludes halogenated alkanes) is 4. The highest BCUT2D eigenvalue weighted by molar-refractivity contribution is 5.76. The van der Waals surface area contributed by atoms with Crippen molar-refractivity contribution in [2.75, 3.05) is 0 Å². The van der Waals surface area contributed by atoms with E-state index in [9.17, 15) is 9.59 Å². The van der Waals surface area contributed by atoms with Crippen LogP contribution in [0.1, 0.15) is 109 Å². The zero-order valence-electron chi connectivity index (χ0n) is 16.0. The molecule has 0 radical (unpaired) electrons. The molecule has 2 N–H and O–H groups in total. The highest BCUT2D eigenvalue weighted by Gasteiger charge is 2.16. The molecule has 0 atom stereocenters. The fourth-order valence-corrected chi connectivity index (χ4v) is 4.19. The van der Waals surface area contributed by atoms with Gasteiger partial charge in [-0.2, -0.15) is 0 Å². The first-order chi connectivity index (χ1) is 12.2. The Labute approximate surface area is 153 Å². The predicted octanol–water partition coefficient (Wildman–Crippen LogP) is 4.61. The summed E-state index contributed by atoms with van der Waals surface area (Å²) in [4.78, 5) is 23.8. The number of rotatable bonds is 10. The minimum Gasteiger partial charge on any atom is -0.353 e. The molecular formula is C21H38N2O2. The molecule has 0 saturated heterocycles. The maximum Gasteiger partial charge on any atom is 0.220 e. The average molecular weight is 351 g/mol. The SMILES string of the molecule is O=C(CCCCCCCC(=O)NC1CCCCC1)NC1CCCCC1. The molecule has 0 heterocycles. The van der Waals surface area contributed by atoms with Gasteiger partial charge in [0.15, 0.2) is 0 Å². The van der Waals surface area contributed by atoms with Gasteiger partial charge in [-0.15, -0.1) is 0 Å². The number of amides is 2. The predicted molar refractivity (Wildman–Crippen MR) is 102 cm³/mol. The van der Waals surface area contributed by atoms with Crippen molar-refractivity contribution in [3.8, 4) is 0 Å². The van der Waals surface area contributed by atoms with Gasteiger partial charge >= 0.3 is 0 Å². The van der Waals surface area contributed by atoms with Crippen LogP contribution in [0.2, 0.25) is 0 Å². The van der Waals surface area contributed by atoms with Gasteiger partial charge in [0, 0.05) is 24.9 Å². The molecule has 0 aliphatic heterocycles. The van der Waals surface area contributed by atoms with Gasteiger partial charge in [0.25, 0.3) is 0 Å². The summed E-state index contributed by atoms with van der Waals surface area (Å²) in [5.41, 5.74) is 0. The van der Waals surface area contributed by atoms with Crippen molar-refractivity contribution in [1.29, 1.82) is 0 Å². The lowest BCUT2D eigenvalue weighted by Gasteiger charge is -2.22. The maximum atomic E-state index is 11.9. The summed E-state index contributed by atoms with van der Waals surface area (Å²) in [6, 6.07) is 0.868. The number of carbonyl (C=O) groups excluding carboxylic acids is 2. The Morgan fingerprint density at radius 1 is 0.560 bits per heavy atom. The molecule has 144 valence electrons. The van der Waals surface area contributed by atoms with Gasteiger partial charge in [-0.3, -0.25) is 9.59 Å². The summed E-state index contributed by atoms with van der Waals surface area (Å²) in [6.45, 7) is 0. The van der Waals surface area contributed by atoms with Crippen LogP contribution in [0, 0.1) is 0 Å². The second-order valence-electron chi connectivity index (χ2n) is 8.07. The Kier molecular flexibility index (Phi) is 9.98. The first-order valence-electron chi connectivity index (χ1n) is 10.8. The second kappa shape index (κ2) is 12.3. The molecule has 25 heavy (non-hydrogen) atoms. The van der Waals surface area contributed by atoms with Gasteiger partial charge < -0.3 is 10.6 Å². The first kappa shape index (κ1) is 20.3. The Balaban J connectivity index is 1.38. The van der Waals surface area contributed by atoms with Crippen LogP contribution in [-0.4, -0.2) is 23.9 Å². The van der Waals surface area contributed by atoms with Crippen LogP contribution in [0.5, 0.6) is 0 Å². The zero-order valence-corrected chi connectivity index (χ0v) is 16.0.